The lowest BCUT2D eigenvalue weighted by molar-refractivity contribution is -0.155. The summed E-state index contributed by atoms with van der Waals surface area (Å²) in [6.45, 7) is 18.5. The van der Waals surface area contributed by atoms with Gasteiger partial charge in [0.25, 0.3) is 0 Å². The van der Waals surface area contributed by atoms with E-state index in [1.54, 1.807) is 42.2 Å². The number of aromatic nitrogens is 2. The molecule has 3 amide bonds. The number of benzene rings is 1. The Hall–Kier alpha value is -4.09. The first-order valence-electron chi connectivity index (χ1n) is 16.0. The molecule has 12 heteroatoms. The van der Waals surface area contributed by atoms with Crippen molar-refractivity contribution >= 4 is 35.5 Å². The maximum atomic E-state index is 13.5. The van der Waals surface area contributed by atoms with Crippen LogP contribution >= 0.6 is 0 Å². The summed E-state index contributed by atoms with van der Waals surface area (Å²) >= 11 is 0. The van der Waals surface area contributed by atoms with E-state index in [4.69, 9.17) is 14.5 Å². The molecule has 0 aliphatic carbocycles. The molecule has 1 aromatic heterocycles. The van der Waals surface area contributed by atoms with Crippen LogP contribution in [0.4, 0.5) is 27.0 Å². The predicted molar refractivity (Wildman–Crippen MR) is 179 cm³/mol. The molecule has 0 bridgehead atoms. The largest absolute Gasteiger partial charge is 0.458 e. The van der Waals surface area contributed by atoms with Crippen molar-refractivity contribution in [1.82, 2.24) is 19.8 Å². The number of carbonyl (C=O) groups excluding carboxylic acids is 3. The Bertz CT molecular complexity index is 1240. The fraction of sp³-hybridized carbons (Fsp3) is 0.606. The van der Waals surface area contributed by atoms with Crippen molar-refractivity contribution in [3.8, 4) is 5.75 Å². The standard InChI is InChI=1S/C31H47N7O5.C2H6/c1-9-36(10-2)28-32-21-25(38(11-3)29(40)35(7)8)26(34-28)33-24(27(39)43-31(4,5)6)20-22-14-16-23(17-15-22)42-30(41)37-18-12-13-19-37;1-2/h14-17,21,24H,9-13,18-20H2,1-8H3,(H,32,33,34);1-2H3. The van der Waals surface area contributed by atoms with E-state index in [0.29, 0.717) is 55.9 Å². The SMILES string of the molecule is CC.CCN(CC)c1ncc(N(CC)C(=O)N(C)C)c(NC(Cc2ccc(OC(=O)N3CCCC3)cc2)C(=O)OC(C)(C)C)n1. The van der Waals surface area contributed by atoms with Crippen LogP contribution in [-0.4, -0.2) is 96.3 Å². The Kier molecular flexibility index (Phi) is 14.4. The summed E-state index contributed by atoms with van der Waals surface area (Å²) in [5, 5.41) is 3.30. The quantitative estimate of drug-likeness (QED) is 0.308. The van der Waals surface area contributed by atoms with Crippen LogP contribution < -0.4 is 19.9 Å². The molecule has 1 aromatic carbocycles. The first kappa shape index (κ1) is 37.1. The number of anilines is 3. The molecular weight excluding hydrogens is 574 g/mol. The molecule has 0 saturated carbocycles. The van der Waals surface area contributed by atoms with E-state index in [0.717, 1.165) is 18.4 Å². The van der Waals surface area contributed by atoms with Gasteiger partial charge in [-0.1, -0.05) is 26.0 Å². The second kappa shape index (κ2) is 17.4. The lowest BCUT2D eigenvalue weighted by atomic mass is 10.0. The van der Waals surface area contributed by atoms with Crippen molar-refractivity contribution in [2.75, 3.05) is 61.9 Å². The Morgan fingerprint density at radius 3 is 2.09 bits per heavy atom. The molecule has 0 radical (unpaired) electrons. The van der Waals surface area contributed by atoms with E-state index in [1.807, 2.05) is 72.4 Å². The van der Waals surface area contributed by atoms with Crippen LogP contribution in [0.5, 0.6) is 5.75 Å². The Labute approximate surface area is 269 Å². The topological polar surface area (TPSA) is 120 Å². The Morgan fingerprint density at radius 1 is 0.978 bits per heavy atom. The van der Waals surface area contributed by atoms with Gasteiger partial charge in [0, 0.05) is 53.2 Å². The molecule has 1 unspecified atom stereocenters. The summed E-state index contributed by atoms with van der Waals surface area (Å²) in [6, 6.07) is 6.00. The number of urea groups is 1. The van der Waals surface area contributed by atoms with Crippen molar-refractivity contribution in [2.45, 2.75) is 86.3 Å². The molecule has 1 N–H and O–H groups in total. The normalized spacial score (nSPS) is 13.2. The molecule has 1 fully saturated rings. The van der Waals surface area contributed by atoms with Gasteiger partial charge in [0.15, 0.2) is 5.82 Å². The zero-order valence-corrected chi connectivity index (χ0v) is 28.8. The van der Waals surface area contributed by atoms with Crippen LogP contribution in [0.1, 0.15) is 73.8 Å². The summed E-state index contributed by atoms with van der Waals surface area (Å²) in [5.41, 5.74) is 0.553. The number of hydrogen-bond donors (Lipinski definition) is 1. The van der Waals surface area contributed by atoms with Gasteiger partial charge in [0.1, 0.15) is 23.1 Å². The van der Waals surface area contributed by atoms with Crippen molar-refractivity contribution < 1.29 is 23.9 Å². The van der Waals surface area contributed by atoms with Crippen LogP contribution in [0.2, 0.25) is 0 Å². The average Bonchev–Trinajstić information content (AvgIpc) is 3.55. The minimum atomic E-state index is -0.844. The average molecular weight is 628 g/mol. The van der Waals surface area contributed by atoms with Gasteiger partial charge < -0.3 is 29.5 Å². The van der Waals surface area contributed by atoms with E-state index in [2.05, 4.69) is 10.3 Å². The number of ether oxygens (including phenoxy) is 2. The van der Waals surface area contributed by atoms with Crippen molar-refractivity contribution in [1.29, 1.82) is 0 Å². The summed E-state index contributed by atoms with van der Waals surface area (Å²) in [4.78, 5) is 55.1. The highest BCUT2D eigenvalue weighted by Crippen LogP contribution is 2.28. The lowest BCUT2D eigenvalue weighted by Gasteiger charge is -2.30. The number of amides is 3. The van der Waals surface area contributed by atoms with Gasteiger partial charge in [0.2, 0.25) is 5.95 Å². The van der Waals surface area contributed by atoms with Gasteiger partial charge in [-0.2, -0.15) is 4.98 Å². The number of esters is 1. The summed E-state index contributed by atoms with van der Waals surface area (Å²) in [7, 11) is 3.36. The molecule has 2 heterocycles. The maximum Gasteiger partial charge on any atom is 0.415 e. The van der Waals surface area contributed by atoms with E-state index in [9.17, 15) is 14.4 Å². The third-order valence-corrected chi connectivity index (χ3v) is 6.96. The molecule has 1 aliphatic rings. The number of likely N-dealkylation sites (tertiary alicyclic amines) is 1. The van der Waals surface area contributed by atoms with Gasteiger partial charge >= 0.3 is 18.1 Å². The minimum absolute atomic E-state index is 0.238. The number of hydrogen-bond acceptors (Lipinski definition) is 9. The van der Waals surface area contributed by atoms with Crippen LogP contribution in [0, 0.1) is 0 Å². The first-order chi connectivity index (χ1) is 21.4. The third kappa shape index (κ3) is 10.8. The highest BCUT2D eigenvalue weighted by atomic mass is 16.6. The number of nitrogens with zero attached hydrogens (tertiary/aromatic N) is 6. The minimum Gasteiger partial charge on any atom is -0.458 e. The lowest BCUT2D eigenvalue weighted by Crippen LogP contribution is -2.42. The van der Waals surface area contributed by atoms with Gasteiger partial charge in [-0.15, -0.1) is 0 Å². The zero-order valence-electron chi connectivity index (χ0n) is 28.8. The third-order valence-electron chi connectivity index (χ3n) is 6.96. The first-order valence-corrected chi connectivity index (χ1v) is 16.0. The van der Waals surface area contributed by atoms with Crippen LogP contribution in [-0.2, 0) is 16.0 Å². The molecule has 1 atom stereocenters. The number of rotatable bonds is 11. The molecule has 0 spiro atoms. The fourth-order valence-corrected chi connectivity index (χ4v) is 4.70. The smallest absolute Gasteiger partial charge is 0.415 e. The highest BCUT2D eigenvalue weighted by Gasteiger charge is 2.29. The molecule has 45 heavy (non-hydrogen) atoms. The zero-order chi connectivity index (χ0) is 33.7. The van der Waals surface area contributed by atoms with Gasteiger partial charge in [-0.05, 0) is 72.1 Å². The van der Waals surface area contributed by atoms with Gasteiger partial charge in [-0.3, -0.25) is 4.90 Å². The predicted octanol–water partition coefficient (Wildman–Crippen LogP) is 5.82. The maximum absolute atomic E-state index is 13.5. The van der Waals surface area contributed by atoms with Gasteiger partial charge in [0.05, 0.1) is 6.20 Å². The van der Waals surface area contributed by atoms with E-state index >= 15 is 0 Å². The van der Waals surface area contributed by atoms with Crippen LogP contribution in [0.15, 0.2) is 30.5 Å². The van der Waals surface area contributed by atoms with Crippen LogP contribution in [0.25, 0.3) is 0 Å². The summed E-state index contributed by atoms with van der Waals surface area (Å²) in [5.74, 6) is 0.802. The van der Waals surface area contributed by atoms with Crippen molar-refractivity contribution in [2.24, 2.45) is 0 Å². The second-order valence-corrected chi connectivity index (χ2v) is 11.6. The molecule has 3 rings (SSSR count). The van der Waals surface area contributed by atoms with Crippen LogP contribution in [0.3, 0.4) is 0 Å². The number of nitrogens with one attached hydrogen (secondary N) is 1. The van der Waals surface area contributed by atoms with Crippen molar-refractivity contribution in [3.05, 3.63) is 36.0 Å². The molecule has 250 valence electrons. The monoisotopic (exact) mass is 627 g/mol. The Morgan fingerprint density at radius 2 is 1.58 bits per heavy atom. The van der Waals surface area contributed by atoms with Gasteiger partial charge in [-0.25, -0.2) is 19.4 Å². The molecular formula is C33H53N7O5. The second-order valence-electron chi connectivity index (χ2n) is 11.6. The fourth-order valence-electron chi connectivity index (χ4n) is 4.70. The summed E-state index contributed by atoms with van der Waals surface area (Å²) < 4.78 is 11.3. The molecule has 2 aromatic rings. The molecule has 12 nitrogen and oxygen atoms in total. The van der Waals surface area contributed by atoms with E-state index in [1.165, 1.54) is 4.90 Å². The van der Waals surface area contributed by atoms with E-state index in [-0.39, 0.29) is 18.5 Å². The van der Waals surface area contributed by atoms with Crippen molar-refractivity contribution in [3.63, 3.8) is 0 Å². The Balaban J connectivity index is 0.00000345. The summed E-state index contributed by atoms with van der Waals surface area (Å²) in [6.07, 6.45) is 3.48. The number of carbonyl (C=O) groups is 3. The molecule has 1 saturated heterocycles. The highest BCUT2D eigenvalue weighted by molar-refractivity contribution is 5.95. The van der Waals surface area contributed by atoms with E-state index < -0.39 is 17.6 Å². The molecule has 1 aliphatic heterocycles.